The summed E-state index contributed by atoms with van der Waals surface area (Å²) in [6, 6.07) is 18.8. The Morgan fingerprint density at radius 1 is 1.14 bits per heavy atom. The fourth-order valence-corrected chi connectivity index (χ4v) is 2.79. The molecular weight excluding hydrogens is 355 g/mol. The van der Waals surface area contributed by atoms with E-state index in [4.69, 9.17) is 4.74 Å². The number of benzene rings is 3. The van der Waals surface area contributed by atoms with E-state index >= 15 is 0 Å². The van der Waals surface area contributed by atoms with Crippen LogP contribution < -0.4 is 10.1 Å². The fraction of sp³-hybridized carbons (Fsp3) is 0.130. The zero-order valence-corrected chi connectivity index (χ0v) is 15.4. The summed E-state index contributed by atoms with van der Waals surface area (Å²) in [4.78, 5) is 12.6. The number of ether oxygens (including phenoxy) is 1. The summed E-state index contributed by atoms with van der Waals surface area (Å²) < 4.78 is 18.9. The molecular formula is C23H19FN2O2. The Morgan fingerprint density at radius 3 is 2.61 bits per heavy atom. The lowest BCUT2D eigenvalue weighted by atomic mass is 10.0. The molecule has 1 amide bonds. The van der Waals surface area contributed by atoms with Gasteiger partial charge in [0.25, 0.3) is 5.91 Å². The molecule has 0 aliphatic carbocycles. The van der Waals surface area contributed by atoms with Gasteiger partial charge in [0.1, 0.15) is 23.2 Å². The molecule has 0 aliphatic heterocycles. The third kappa shape index (κ3) is 4.36. The molecule has 0 aliphatic rings. The Kier molecular flexibility index (Phi) is 6.03. The van der Waals surface area contributed by atoms with Crippen molar-refractivity contribution in [1.82, 2.24) is 0 Å². The number of nitrogens with zero attached hydrogens (tertiary/aromatic N) is 1. The largest absolute Gasteiger partial charge is 0.493 e. The minimum absolute atomic E-state index is 0.0676. The summed E-state index contributed by atoms with van der Waals surface area (Å²) >= 11 is 0. The number of nitrogens with one attached hydrogen (secondary N) is 1. The van der Waals surface area contributed by atoms with Gasteiger partial charge in [0, 0.05) is 11.3 Å². The van der Waals surface area contributed by atoms with Crippen molar-refractivity contribution in [2.45, 2.75) is 13.3 Å². The molecule has 3 aromatic rings. The maximum atomic E-state index is 13.0. The number of nitriles is 1. The zero-order chi connectivity index (χ0) is 19.9. The molecule has 0 saturated carbocycles. The van der Waals surface area contributed by atoms with Gasteiger partial charge in [-0.1, -0.05) is 37.3 Å². The number of halogens is 1. The molecule has 28 heavy (non-hydrogen) atoms. The molecule has 140 valence electrons. The molecule has 0 unspecified atom stereocenters. The predicted molar refractivity (Wildman–Crippen MR) is 108 cm³/mol. The van der Waals surface area contributed by atoms with Gasteiger partial charge in [-0.15, -0.1) is 0 Å². The van der Waals surface area contributed by atoms with Gasteiger partial charge in [-0.3, -0.25) is 4.79 Å². The molecule has 0 heterocycles. The van der Waals surface area contributed by atoms with Crippen LogP contribution in [-0.4, -0.2) is 12.5 Å². The van der Waals surface area contributed by atoms with Gasteiger partial charge in [-0.05, 0) is 53.6 Å². The van der Waals surface area contributed by atoms with Crippen molar-refractivity contribution in [1.29, 1.82) is 5.26 Å². The van der Waals surface area contributed by atoms with E-state index in [2.05, 4.69) is 5.32 Å². The van der Waals surface area contributed by atoms with Crippen LogP contribution in [0, 0.1) is 17.1 Å². The van der Waals surface area contributed by atoms with Crippen LogP contribution in [0.2, 0.25) is 0 Å². The molecule has 0 fully saturated rings. The summed E-state index contributed by atoms with van der Waals surface area (Å²) in [5, 5.41) is 14.0. The second-order valence-corrected chi connectivity index (χ2v) is 6.18. The van der Waals surface area contributed by atoms with Crippen LogP contribution >= 0.6 is 0 Å². The minimum atomic E-state index is -0.566. The SMILES string of the molecule is CCCOc1ccc2ccccc2c1/C=C(\C#N)C(=O)Nc1ccc(F)cc1. The summed E-state index contributed by atoms with van der Waals surface area (Å²) in [7, 11) is 0. The highest BCUT2D eigenvalue weighted by Crippen LogP contribution is 2.30. The average molecular weight is 374 g/mol. The highest BCUT2D eigenvalue weighted by atomic mass is 19.1. The van der Waals surface area contributed by atoms with E-state index in [1.54, 1.807) is 0 Å². The number of carbonyl (C=O) groups is 1. The zero-order valence-electron chi connectivity index (χ0n) is 15.4. The second-order valence-electron chi connectivity index (χ2n) is 6.18. The number of hydrogen-bond donors (Lipinski definition) is 1. The molecule has 0 spiro atoms. The van der Waals surface area contributed by atoms with Crippen LogP contribution in [0.4, 0.5) is 10.1 Å². The van der Waals surface area contributed by atoms with Crippen molar-refractivity contribution in [3.05, 3.63) is 77.6 Å². The average Bonchev–Trinajstić information content (AvgIpc) is 2.72. The van der Waals surface area contributed by atoms with Crippen molar-refractivity contribution in [2.75, 3.05) is 11.9 Å². The number of rotatable bonds is 6. The first-order chi connectivity index (χ1) is 13.6. The smallest absolute Gasteiger partial charge is 0.266 e. The Labute approximate surface area is 162 Å². The Morgan fingerprint density at radius 2 is 1.89 bits per heavy atom. The van der Waals surface area contributed by atoms with E-state index in [0.29, 0.717) is 23.6 Å². The first-order valence-electron chi connectivity index (χ1n) is 8.95. The molecule has 4 nitrogen and oxygen atoms in total. The quantitative estimate of drug-likeness (QED) is 0.470. The van der Waals surface area contributed by atoms with Crippen LogP contribution in [0.3, 0.4) is 0 Å². The van der Waals surface area contributed by atoms with Crippen LogP contribution in [0.5, 0.6) is 5.75 Å². The fourth-order valence-electron chi connectivity index (χ4n) is 2.79. The van der Waals surface area contributed by atoms with Crippen LogP contribution in [0.1, 0.15) is 18.9 Å². The molecule has 0 atom stereocenters. The predicted octanol–water partition coefficient (Wildman–Crippen LogP) is 5.31. The maximum absolute atomic E-state index is 13.0. The Hall–Kier alpha value is -3.65. The van der Waals surface area contributed by atoms with E-state index in [-0.39, 0.29) is 5.57 Å². The lowest BCUT2D eigenvalue weighted by Crippen LogP contribution is -2.13. The summed E-state index contributed by atoms with van der Waals surface area (Å²) in [6.07, 6.45) is 2.37. The molecule has 0 bridgehead atoms. The van der Waals surface area contributed by atoms with E-state index in [1.165, 1.54) is 30.3 Å². The lowest BCUT2D eigenvalue weighted by Gasteiger charge is -2.12. The molecule has 0 saturated heterocycles. The molecule has 3 aromatic carbocycles. The number of hydrogen-bond acceptors (Lipinski definition) is 3. The first kappa shape index (κ1) is 19.1. The lowest BCUT2D eigenvalue weighted by molar-refractivity contribution is -0.112. The van der Waals surface area contributed by atoms with Gasteiger partial charge in [0.15, 0.2) is 0 Å². The van der Waals surface area contributed by atoms with E-state index < -0.39 is 11.7 Å². The highest BCUT2D eigenvalue weighted by molar-refractivity contribution is 6.11. The molecule has 5 heteroatoms. The third-order valence-corrected chi connectivity index (χ3v) is 4.15. The van der Waals surface area contributed by atoms with Crippen molar-refractivity contribution < 1.29 is 13.9 Å². The van der Waals surface area contributed by atoms with Gasteiger partial charge in [-0.25, -0.2) is 4.39 Å². The van der Waals surface area contributed by atoms with Crippen molar-refractivity contribution in [3.63, 3.8) is 0 Å². The minimum Gasteiger partial charge on any atom is -0.493 e. The van der Waals surface area contributed by atoms with Gasteiger partial charge in [0.2, 0.25) is 0 Å². The first-order valence-corrected chi connectivity index (χ1v) is 8.95. The number of fused-ring (bicyclic) bond motifs is 1. The highest BCUT2D eigenvalue weighted by Gasteiger charge is 2.14. The molecule has 0 aromatic heterocycles. The Bertz CT molecular complexity index is 1070. The standard InChI is InChI=1S/C23H19FN2O2/c1-2-13-28-22-12-7-16-5-3-4-6-20(16)21(22)14-17(15-25)23(27)26-19-10-8-18(24)9-11-19/h3-12,14H,2,13H2,1H3,(H,26,27)/b17-14+. The van der Waals surface area contributed by atoms with E-state index in [1.807, 2.05) is 49.4 Å². The van der Waals surface area contributed by atoms with Crippen LogP contribution in [-0.2, 0) is 4.79 Å². The maximum Gasteiger partial charge on any atom is 0.266 e. The summed E-state index contributed by atoms with van der Waals surface area (Å²) in [5.74, 6) is -0.353. The number of anilines is 1. The van der Waals surface area contributed by atoms with E-state index in [9.17, 15) is 14.4 Å². The molecule has 1 N–H and O–H groups in total. The molecule has 0 radical (unpaired) electrons. The third-order valence-electron chi connectivity index (χ3n) is 4.15. The number of amides is 1. The normalized spacial score (nSPS) is 11.1. The van der Waals surface area contributed by atoms with E-state index in [0.717, 1.165) is 17.2 Å². The van der Waals surface area contributed by atoms with Gasteiger partial charge in [-0.2, -0.15) is 5.26 Å². The second kappa shape index (κ2) is 8.83. The van der Waals surface area contributed by atoms with Crippen molar-refractivity contribution in [3.8, 4) is 11.8 Å². The van der Waals surface area contributed by atoms with Crippen LogP contribution in [0.25, 0.3) is 16.8 Å². The van der Waals surface area contributed by atoms with Crippen molar-refractivity contribution in [2.24, 2.45) is 0 Å². The van der Waals surface area contributed by atoms with Gasteiger partial charge >= 0.3 is 0 Å². The van der Waals surface area contributed by atoms with Crippen LogP contribution in [0.15, 0.2) is 66.2 Å². The molecule has 3 rings (SSSR count). The van der Waals surface area contributed by atoms with Gasteiger partial charge < -0.3 is 10.1 Å². The topological polar surface area (TPSA) is 62.1 Å². The monoisotopic (exact) mass is 374 g/mol. The van der Waals surface area contributed by atoms with Gasteiger partial charge in [0.05, 0.1) is 6.61 Å². The number of carbonyl (C=O) groups excluding carboxylic acids is 1. The van der Waals surface area contributed by atoms with Crippen molar-refractivity contribution >= 4 is 28.4 Å². The summed E-state index contributed by atoms with van der Waals surface area (Å²) in [5.41, 5.74) is 1.02. The Balaban J connectivity index is 2.00. The summed E-state index contributed by atoms with van der Waals surface area (Å²) in [6.45, 7) is 2.54.